The summed E-state index contributed by atoms with van der Waals surface area (Å²) in [5, 5.41) is 39.1. The molecule has 0 bridgehead atoms. The van der Waals surface area contributed by atoms with Gasteiger partial charge in [0, 0.05) is 71.0 Å². The minimum atomic E-state index is -0.902. The van der Waals surface area contributed by atoms with Gasteiger partial charge in [-0.15, -0.1) is 0 Å². The van der Waals surface area contributed by atoms with Crippen molar-refractivity contribution in [1.29, 1.82) is 0 Å². The second kappa shape index (κ2) is 13.8. The fourth-order valence-electron chi connectivity index (χ4n) is 6.64. The Morgan fingerprint density at radius 2 is 1.68 bits per heavy atom. The standard InChI is InChI=1S/C33H44N4O6S/c1-6-20-16(2)26(36-33(20)43)13-24-17(3)21(7-9-30(38)39)27(34-24)15-28-22(8-10-31(40)41)18(4)25(35-28)14-29-23(11-12-44)19(5)32(42)37-29/h6,14-16,19,23-24,26,34-36,43-44H,1,7-13H2,2-5H3,(H,37,42)(H,38,39)(H,40,41)/b27-15+,29-14-/t16?,19-,23-,24?,26-/m1/s1. The van der Waals surface area contributed by atoms with Crippen LogP contribution in [0.3, 0.4) is 0 Å². The highest BCUT2D eigenvalue weighted by molar-refractivity contribution is 7.80. The number of carbonyl (C=O) groups excluding carboxylic acids is 1. The molecule has 5 atom stereocenters. The first-order valence-electron chi connectivity index (χ1n) is 15.1. The summed E-state index contributed by atoms with van der Waals surface area (Å²) >= 11 is 4.38. The molecule has 7 N–H and O–H groups in total. The van der Waals surface area contributed by atoms with Gasteiger partial charge in [-0.05, 0) is 79.7 Å². The van der Waals surface area contributed by atoms with Crippen LogP contribution in [0.25, 0.3) is 12.2 Å². The van der Waals surface area contributed by atoms with Crippen LogP contribution in [-0.2, 0) is 20.8 Å². The number of aliphatic carboxylic acids is 2. The summed E-state index contributed by atoms with van der Waals surface area (Å²) in [6.45, 7) is 11.7. The number of carbonyl (C=O) groups is 3. The molecule has 44 heavy (non-hydrogen) atoms. The maximum atomic E-state index is 12.5. The average Bonchev–Trinajstić information content (AvgIpc) is 3.60. The summed E-state index contributed by atoms with van der Waals surface area (Å²) in [6.07, 6.45) is 7.51. The number of allylic oxidation sites excluding steroid dienone is 3. The van der Waals surface area contributed by atoms with Crippen molar-refractivity contribution in [1.82, 2.24) is 20.9 Å². The lowest BCUT2D eigenvalue weighted by molar-refractivity contribution is -0.138. The molecule has 4 heterocycles. The van der Waals surface area contributed by atoms with Gasteiger partial charge in [-0.2, -0.15) is 12.6 Å². The van der Waals surface area contributed by atoms with Gasteiger partial charge < -0.3 is 36.3 Å². The Morgan fingerprint density at radius 3 is 2.30 bits per heavy atom. The molecule has 0 aliphatic carbocycles. The second-order valence-corrected chi connectivity index (χ2v) is 12.5. The first-order valence-corrected chi connectivity index (χ1v) is 15.8. The number of H-pyrrole nitrogens is 1. The lowest BCUT2D eigenvalue weighted by Crippen LogP contribution is -2.36. The monoisotopic (exact) mass is 624 g/mol. The minimum absolute atomic E-state index is 0.0135. The van der Waals surface area contributed by atoms with Crippen LogP contribution in [0.4, 0.5) is 0 Å². The van der Waals surface area contributed by atoms with Crippen LogP contribution in [0, 0.1) is 24.7 Å². The van der Waals surface area contributed by atoms with Crippen LogP contribution < -0.4 is 16.0 Å². The topological polar surface area (TPSA) is 164 Å². The molecular formula is C33H44N4O6S. The van der Waals surface area contributed by atoms with Crippen LogP contribution in [0.5, 0.6) is 0 Å². The van der Waals surface area contributed by atoms with Gasteiger partial charge in [0.1, 0.15) is 0 Å². The van der Waals surface area contributed by atoms with Gasteiger partial charge >= 0.3 is 11.9 Å². The number of amides is 1. The van der Waals surface area contributed by atoms with E-state index >= 15 is 0 Å². The minimum Gasteiger partial charge on any atom is -0.495 e. The molecule has 1 aromatic heterocycles. The summed E-state index contributed by atoms with van der Waals surface area (Å²) in [7, 11) is 0. The maximum Gasteiger partial charge on any atom is 0.303 e. The average molecular weight is 625 g/mol. The largest absolute Gasteiger partial charge is 0.495 e. The molecule has 3 aliphatic heterocycles. The van der Waals surface area contributed by atoms with Gasteiger partial charge in [0.25, 0.3) is 0 Å². The number of hydrogen-bond donors (Lipinski definition) is 8. The van der Waals surface area contributed by atoms with E-state index in [9.17, 15) is 29.7 Å². The van der Waals surface area contributed by atoms with Crippen LogP contribution in [0.15, 0.2) is 46.7 Å². The molecule has 238 valence electrons. The number of thiol groups is 1. The molecule has 3 aliphatic rings. The number of nitrogens with one attached hydrogen (secondary N) is 4. The number of carboxylic acid groups (broad SMARTS) is 2. The van der Waals surface area contributed by atoms with Crippen molar-refractivity contribution in [2.45, 2.75) is 78.3 Å². The van der Waals surface area contributed by atoms with Crippen LogP contribution in [0.1, 0.15) is 75.4 Å². The Labute approximate surface area is 263 Å². The third-order valence-corrected chi connectivity index (χ3v) is 9.65. The molecule has 1 aromatic rings. The van der Waals surface area contributed by atoms with E-state index < -0.39 is 11.9 Å². The van der Waals surface area contributed by atoms with Gasteiger partial charge in [0.2, 0.25) is 5.91 Å². The predicted octanol–water partition coefficient (Wildman–Crippen LogP) is 4.83. The van der Waals surface area contributed by atoms with E-state index in [0.29, 0.717) is 25.0 Å². The van der Waals surface area contributed by atoms with Crippen molar-refractivity contribution < 1.29 is 29.7 Å². The maximum absolute atomic E-state index is 12.5. The number of hydrogen-bond acceptors (Lipinski definition) is 7. The Hall–Kier alpha value is -3.86. The van der Waals surface area contributed by atoms with Crippen LogP contribution in [-0.4, -0.2) is 56.0 Å². The molecule has 4 rings (SSSR count). The highest BCUT2D eigenvalue weighted by Crippen LogP contribution is 2.37. The summed E-state index contributed by atoms with van der Waals surface area (Å²) in [6, 6.07) is -0.138. The normalized spacial score (nSPS) is 26.8. The number of carboxylic acids is 2. The molecule has 0 radical (unpaired) electrons. The first kappa shape index (κ1) is 33.0. The number of aliphatic hydroxyl groups is 1. The van der Waals surface area contributed by atoms with Gasteiger partial charge in [-0.25, -0.2) is 0 Å². The number of aromatic amines is 1. The summed E-state index contributed by atoms with van der Waals surface area (Å²) in [5.41, 5.74) is 7.59. The SMILES string of the molecule is C=CC1=C(O)N[C@H](CC2N/C(=C/c3[nH]c(/C=C4\NC(=O)[C@H](C)[C@H]4CCS)c(C)c3CCC(=O)O)C(CCC(=O)O)=C2C)C1C. The quantitative estimate of drug-likeness (QED) is 0.145. The van der Waals surface area contributed by atoms with Gasteiger partial charge in [-0.1, -0.05) is 26.5 Å². The van der Waals surface area contributed by atoms with Crippen molar-refractivity contribution in [2.24, 2.45) is 17.8 Å². The lowest BCUT2D eigenvalue weighted by atomic mass is 9.90. The van der Waals surface area contributed by atoms with E-state index in [-0.39, 0.29) is 54.5 Å². The predicted molar refractivity (Wildman–Crippen MR) is 174 cm³/mol. The zero-order valence-corrected chi connectivity index (χ0v) is 26.7. The molecule has 11 heteroatoms. The molecule has 1 saturated heterocycles. The fourth-order valence-corrected chi connectivity index (χ4v) is 6.92. The third-order valence-electron chi connectivity index (χ3n) is 9.39. The summed E-state index contributed by atoms with van der Waals surface area (Å²) in [4.78, 5) is 39.1. The number of rotatable bonds is 13. The Bertz CT molecular complexity index is 1470. The first-order chi connectivity index (χ1) is 20.9. The fraction of sp³-hybridized carbons (Fsp3) is 0.485. The van der Waals surface area contributed by atoms with Gasteiger partial charge in [0.15, 0.2) is 5.88 Å². The van der Waals surface area contributed by atoms with Crippen molar-refractivity contribution in [3.8, 4) is 0 Å². The van der Waals surface area contributed by atoms with Gasteiger partial charge in [0.05, 0.1) is 0 Å². The number of aliphatic hydroxyl groups excluding tert-OH is 1. The van der Waals surface area contributed by atoms with E-state index in [0.717, 1.165) is 57.0 Å². The Morgan fingerprint density at radius 1 is 1.00 bits per heavy atom. The Balaban J connectivity index is 1.72. The zero-order chi connectivity index (χ0) is 32.3. The molecule has 10 nitrogen and oxygen atoms in total. The van der Waals surface area contributed by atoms with E-state index in [4.69, 9.17) is 0 Å². The zero-order valence-electron chi connectivity index (χ0n) is 25.8. The highest BCUT2D eigenvalue weighted by Gasteiger charge is 2.36. The van der Waals surface area contributed by atoms with E-state index in [1.807, 2.05) is 39.8 Å². The third kappa shape index (κ3) is 6.93. The Kier molecular flexibility index (Phi) is 10.4. The van der Waals surface area contributed by atoms with E-state index in [1.54, 1.807) is 6.08 Å². The molecule has 0 spiro atoms. The second-order valence-electron chi connectivity index (χ2n) is 12.0. The molecule has 2 unspecified atom stereocenters. The number of aromatic nitrogens is 1. The molecule has 1 amide bonds. The van der Waals surface area contributed by atoms with Crippen LogP contribution in [0.2, 0.25) is 0 Å². The van der Waals surface area contributed by atoms with Crippen molar-refractivity contribution >= 4 is 42.6 Å². The van der Waals surface area contributed by atoms with Crippen molar-refractivity contribution in [3.05, 3.63) is 69.2 Å². The smallest absolute Gasteiger partial charge is 0.303 e. The van der Waals surface area contributed by atoms with Crippen LogP contribution >= 0.6 is 12.6 Å². The van der Waals surface area contributed by atoms with Crippen molar-refractivity contribution in [3.63, 3.8) is 0 Å². The highest BCUT2D eigenvalue weighted by atomic mass is 32.1. The molecule has 0 saturated carbocycles. The molecule has 1 fully saturated rings. The lowest BCUT2D eigenvalue weighted by Gasteiger charge is -2.23. The van der Waals surface area contributed by atoms with Gasteiger partial charge in [-0.3, -0.25) is 14.4 Å². The van der Waals surface area contributed by atoms with E-state index in [1.165, 1.54) is 0 Å². The molecular weight excluding hydrogens is 580 g/mol. The molecule has 0 aromatic carbocycles. The van der Waals surface area contributed by atoms with Crippen molar-refractivity contribution in [2.75, 3.05) is 5.75 Å². The van der Waals surface area contributed by atoms with E-state index in [2.05, 4.69) is 40.1 Å². The summed E-state index contributed by atoms with van der Waals surface area (Å²) in [5.74, 6) is -1.15. The summed E-state index contributed by atoms with van der Waals surface area (Å²) < 4.78 is 0.